The standard InChI is InChI=1S/C27H26N2O6/c1-32-20-9-6-17(7-10-20)26-22(27(31)28-18-4-3-5-21(14-18)33-2)11-13-25(30)29(26)19-8-12-23-24(15-19)35-16-34-23/h3-10,12,14-15,22,26H,11,13,16H2,1-2H3,(H,28,31). The number of hydrogen-bond donors (Lipinski definition) is 1. The number of anilines is 2. The summed E-state index contributed by atoms with van der Waals surface area (Å²) in [6.07, 6.45) is 0.670. The molecule has 2 unspecified atom stereocenters. The lowest BCUT2D eigenvalue weighted by Gasteiger charge is -2.41. The molecule has 2 heterocycles. The Morgan fingerprint density at radius 2 is 1.71 bits per heavy atom. The maximum absolute atomic E-state index is 13.6. The Morgan fingerprint density at radius 1 is 0.943 bits per heavy atom. The normalized spacial score (nSPS) is 18.8. The van der Waals surface area contributed by atoms with Crippen LogP contribution >= 0.6 is 0 Å². The molecule has 35 heavy (non-hydrogen) atoms. The zero-order valence-corrected chi connectivity index (χ0v) is 19.5. The van der Waals surface area contributed by atoms with E-state index in [0.29, 0.717) is 40.8 Å². The van der Waals surface area contributed by atoms with E-state index in [1.807, 2.05) is 48.5 Å². The third-order valence-electron chi connectivity index (χ3n) is 6.36. The molecule has 0 aliphatic carbocycles. The summed E-state index contributed by atoms with van der Waals surface area (Å²) in [5, 5.41) is 3.01. The monoisotopic (exact) mass is 474 g/mol. The lowest BCUT2D eigenvalue weighted by molar-refractivity contribution is -0.125. The number of rotatable bonds is 6. The van der Waals surface area contributed by atoms with Crippen LogP contribution in [0.25, 0.3) is 0 Å². The Kier molecular flexibility index (Phi) is 6.18. The van der Waals surface area contributed by atoms with Gasteiger partial charge >= 0.3 is 0 Å². The van der Waals surface area contributed by atoms with Crippen LogP contribution in [0.4, 0.5) is 11.4 Å². The molecule has 8 heteroatoms. The van der Waals surface area contributed by atoms with E-state index >= 15 is 0 Å². The molecule has 0 radical (unpaired) electrons. The van der Waals surface area contributed by atoms with Gasteiger partial charge in [0.05, 0.1) is 26.2 Å². The first-order valence-electron chi connectivity index (χ1n) is 11.4. The summed E-state index contributed by atoms with van der Waals surface area (Å²) in [6.45, 7) is 0.139. The molecule has 2 aliphatic heterocycles. The van der Waals surface area contributed by atoms with Gasteiger partial charge < -0.3 is 29.2 Å². The van der Waals surface area contributed by atoms with Crippen LogP contribution in [0, 0.1) is 5.92 Å². The van der Waals surface area contributed by atoms with E-state index in [1.54, 1.807) is 37.3 Å². The molecule has 5 rings (SSSR count). The molecule has 3 aromatic rings. The van der Waals surface area contributed by atoms with Gasteiger partial charge in [-0.15, -0.1) is 0 Å². The minimum absolute atomic E-state index is 0.0601. The fourth-order valence-electron chi connectivity index (χ4n) is 4.62. The Balaban J connectivity index is 1.53. The summed E-state index contributed by atoms with van der Waals surface area (Å²) in [6, 6.07) is 19.6. The Bertz CT molecular complexity index is 1240. The quantitative estimate of drug-likeness (QED) is 0.564. The van der Waals surface area contributed by atoms with Crippen molar-refractivity contribution in [1.29, 1.82) is 0 Å². The number of ether oxygens (including phenoxy) is 4. The van der Waals surface area contributed by atoms with Crippen molar-refractivity contribution in [2.24, 2.45) is 5.92 Å². The molecule has 0 spiro atoms. The second kappa shape index (κ2) is 9.58. The van der Waals surface area contributed by atoms with E-state index in [1.165, 1.54) is 0 Å². The van der Waals surface area contributed by atoms with Gasteiger partial charge in [-0.2, -0.15) is 0 Å². The number of piperidine rings is 1. The van der Waals surface area contributed by atoms with Gasteiger partial charge in [0.1, 0.15) is 11.5 Å². The van der Waals surface area contributed by atoms with Crippen LogP contribution in [0.1, 0.15) is 24.4 Å². The third kappa shape index (κ3) is 4.47. The van der Waals surface area contributed by atoms with Crippen molar-refractivity contribution in [3.63, 3.8) is 0 Å². The van der Waals surface area contributed by atoms with Gasteiger partial charge in [0.15, 0.2) is 11.5 Å². The largest absolute Gasteiger partial charge is 0.497 e. The molecule has 1 fully saturated rings. The minimum Gasteiger partial charge on any atom is -0.497 e. The number of carbonyl (C=O) groups excluding carboxylic acids is 2. The summed E-state index contributed by atoms with van der Waals surface area (Å²) < 4.78 is 21.6. The van der Waals surface area contributed by atoms with Crippen LogP contribution in [0.2, 0.25) is 0 Å². The van der Waals surface area contributed by atoms with Crippen molar-refractivity contribution in [2.75, 3.05) is 31.2 Å². The van der Waals surface area contributed by atoms with Gasteiger partial charge in [-0.1, -0.05) is 18.2 Å². The number of benzene rings is 3. The van der Waals surface area contributed by atoms with Crippen LogP contribution < -0.4 is 29.2 Å². The molecule has 2 atom stereocenters. The Hall–Kier alpha value is -4.20. The van der Waals surface area contributed by atoms with Gasteiger partial charge in [-0.25, -0.2) is 0 Å². The summed E-state index contributed by atoms with van der Waals surface area (Å²) in [4.78, 5) is 28.6. The second-order valence-corrected chi connectivity index (χ2v) is 8.39. The summed E-state index contributed by atoms with van der Waals surface area (Å²) >= 11 is 0. The van der Waals surface area contributed by atoms with E-state index in [4.69, 9.17) is 18.9 Å². The highest BCUT2D eigenvalue weighted by Gasteiger charge is 2.42. The predicted molar refractivity (Wildman–Crippen MR) is 130 cm³/mol. The second-order valence-electron chi connectivity index (χ2n) is 8.39. The lowest BCUT2D eigenvalue weighted by Crippen LogP contribution is -2.47. The molecule has 1 saturated heterocycles. The molecule has 3 aromatic carbocycles. The molecule has 0 bridgehead atoms. The lowest BCUT2D eigenvalue weighted by atomic mass is 9.83. The zero-order valence-electron chi connectivity index (χ0n) is 19.5. The molecule has 8 nitrogen and oxygen atoms in total. The van der Waals surface area contributed by atoms with Gasteiger partial charge in [0.2, 0.25) is 18.6 Å². The first-order valence-corrected chi connectivity index (χ1v) is 11.4. The van der Waals surface area contributed by atoms with E-state index in [9.17, 15) is 9.59 Å². The van der Waals surface area contributed by atoms with Crippen molar-refractivity contribution in [3.8, 4) is 23.0 Å². The molecular weight excluding hydrogens is 448 g/mol. The van der Waals surface area contributed by atoms with Crippen molar-refractivity contribution in [2.45, 2.75) is 18.9 Å². The number of methoxy groups -OCH3 is 2. The Morgan fingerprint density at radius 3 is 2.49 bits per heavy atom. The SMILES string of the molecule is COc1ccc(C2C(C(=O)Nc3cccc(OC)c3)CCC(=O)N2c2ccc3c(c2)OCO3)cc1. The van der Waals surface area contributed by atoms with E-state index in [2.05, 4.69) is 5.32 Å². The van der Waals surface area contributed by atoms with Gasteiger partial charge in [-0.3, -0.25) is 9.59 Å². The van der Waals surface area contributed by atoms with Crippen molar-refractivity contribution < 1.29 is 28.5 Å². The van der Waals surface area contributed by atoms with Crippen molar-refractivity contribution in [3.05, 3.63) is 72.3 Å². The van der Waals surface area contributed by atoms with E-state index < -0.39 is 12.0 Å². The van der Waals surface area contributed by atoms with Crippen molar-refractivity contribution in [1.82, 2.24) is 0 Å². The van der Waals surface area contributed by atoms with Gasteiger partial charge in [0, 0.05) is 29.9 Å². The zero-order chi connectivity index (χ0) is 24.4. The fraction of sp³-hybridized carbons (Fsp3) is 0.259. The molecule has 0 saturated carbocycles. The molecule has 0 aromatic heterocycles. The number of nitrogens with one attached hydrogen (secondary N) is 1. The maximum Gasteiger partial charge on any atom is 0.231 e. The molecule has 1 N–H and O–H groups in total. The molecule has 180 valence electrons. The number of carbonyl (C=O) groups is 2. The first kappa shape index (κ1) is 22.6. The van der Waals surface area contributed by atoms with Gasteiger partial charge in [0.25, 0.3) is 0 Å². The highest BCUT2D eigenvalue weighted by atomic mass is 16.7. The van der Waals surface area contributed by atoms with Crippen molar-refractivity contribution >= 4 is 23.2 Å². The molecule has 2 aliphatic rings. The number of hydrogen-bond acceptors (Lipinski definition) is 6. The van der Waals surface area contributed by atoms with Crippen LogP contribution in [0.5, 0.6) is 23.0 Å². The maximum atomic E-state index is 13.6. The van der Waals surface area contributed by atoms with Crippen LogP contribution in [-0.4, -0.2) is 32.8 Å². The first-order chi connectivity index (χ1) is 17.1. The minimum atomic E-state index is -0.520. The van der Waals surface area contributed by atoms with E-state index in [0.717, 1.165) is 5.56 Å². The summed E-state index contributed by atoms with van der Waals surface area (Å²) in [7, 11) is 3.18. The van der Waals surface area contributed by atoms with Crippen LogP contribution in [-0.2, 0) is 9.59 Å². The topological polar surface area (TPSA) is 86.3 Å². The number of amides is 2. The van der Waals surface area contributed by atoms with Gasteiger partial charge in [-0.05, 0) is 48.4 Å². The van der Waals surface area contributed by atoms with Crippen LogP contribution in [0.3, 0.4) is 0 Å². The predicted octanol–water partition coefficient (Wildman–Crippen LogP) is 4.56. The molecular formula is C27H26N2O6. The van der Waals surface area contributed by atoms with E-state index in [-0.39, 0.29) is 25.0 Å². The van der Waals surface area contributed by atoms with Crippen LogP contribution in [0.15, 0.2) is 66.7 Å². The highest BCUT2D eigenvalue weighted by Crippen LogP contribution is 2.44. The highest BCUT2D eigenvalue weighted by molar-refractivity contribution is 6.00. The Labute approximate surface area is 203 Å². The summed E-state index contributed by atoms with van der Waals surface area (Å²) in [5.74, 6) is 1.83. The number of nitrogens with zero attached hydrogens (tertiary/aromatic N) is 1. The average Bonchev–Trinajstić information content (AvgIpc) is 3.36. The fourth-order valence-corrected chi connectivity index (χ4v) is 4.62. The number of fused-ring (bicyclic) bond motifs is 1. The smallest absolute Gasteiger partial charge is 0.231 e. The third-order valence-corrected chi connectivity index (χ3v) is 6.36. The average molecular weight is 475 g/mol. The summed E-state index contributed by atoms with van der Waals surface area (Å²) in [5.41, 5.74) is 2.12. The molecule has 2 amide bonds.